The summed E-state index contributed by atoms with van der Waals surface area (Å²) in [5, 5.41) is 17.3. The second kappa shape index (κ2) is 4.76. The highest BCUT2D eigenvalue weighted by Gasteiger charge is 2.11. The molecule has 2 N–H and O–H groups in total. The van der Waals surface area contributed by atoms with E-state index < -0.39 is 0 Å². The van der Waals surface area contributed by atoms with Crippen molar-refractivity contribution in [3.63, 3.8) is 0 Å². The first-order valence-electron chi connectivity index (χ1n) is 4.01. The molecule has 4 heteroatoms. The molecule has 1 atom stereocenters. The zero-order valence-corrected chi connectivity index (χ0v) is 8.95. The number of hydrogen-bond acceptors (Lipinski definition) is 3. The van der Waals surface area contributed by atoms with Crippen LogP contribution in [0.1, 0.15) is 23.6 Å². The second-order valence-electron chi connectivity index (χ2n) is 2.79. The molecule has 0 aliphatic carbocycles. The van der Waals surface area contributed by atoms with Gasteiger partial charge in [0.05, 0.1) is 18.1 Å². The zero-order chi connectivity index (χ0) is 10.6. The fourth-order valence-corrected chi connectivity index (χ4v) is 1.78. The van der Waals surface area contributed by atoms with E-state index in [4.69, 9.17) is 16.3 Å². The Morgan fingerprint density at radius 1 is 1.43 bits per heavy atom. The summed E-state index contributed by atoms with van der Waals surface area (Å²) in [6, 6.07) is 8.98. The van der Waals surface area contributed by atoms with Crippen molar-refractivity contribution in [3.05, 3.63) is 33.8 Å². The van der Waals surface area contributed by atoms with E-state index in [2.05, 4.69) is 15.9 Å². The summed E-state index contributed by atoms with van der Waals surface area (Å²) in [5.41, 5.74) is 7.10. The summed E-state index contributed by atoms with van der Waals surface area (Å²) in [4.78, 5) is 0. The van der Waals surface area contributed by atoms with Crippen molar-refractivity contribution < 1.29 is 0 Å². The van der Waals surface area contributed by atoms with Crippen LogP contribution in [0.15, 0.2) is 22.7 Å². The molecule has 3 nitrogen and oxygen atoms in total. The number of nitrogens with two attached hydrogens (primary N) is 1. The van der Waals surface area contributed by atoms with Gasteiger partial charge in [0.25, 0.3) is 0 Å². The van der Waals surface area contributed by atoms with Gasteiger partial charge in [-0.15, -0.1) is 0 Å². The Morgan fingerprint density at radius 3 is 2.71 bits per heavy atom. The molecular formula is C10H8BrN3. The fourth-order valence-electron chi connectivity index (χ4n) is 1.13. The normalized spacial score (nSPS) is 11.4. The van der Waals surface area contributed by atoms with Crippen LogP contribution in [-0.4, -0.2) is 0 Å². The van der Waals surface area contributed by atoms with Crippen LogP contribution in [-0.2, 0) is 0 Å². The maximum Gasteiger partial charge on any atom is 0.100 e. The predicted molar refractivity (Wildman–Crippen MR) is 56.0 cm³/mol. The molecule has 0 radical (unpaired) electrons. The van der Waals surface area contributed by atoms with Crippen LogP contribution < -0.4 is 5.73 Å². The topological polar surface area (TPSA) is 73.6 Å². The number of benzene rings is 1. The quantitative estimate of drug-likeness (QED) is 0.874. The number of nitriles is 2. The first kappa shape index (κ1) is 10.7. The van der Waals surface area contributed by atoms with E-state index >= 15 is 0 Å². The molecule has 0 saturated heterocycles. The summed E-state index contributed by atoms with van der Waals surface area (Å²) in [6.07, 6.45) is 0.244. The van der Waals surface area contributed by atoms with Crippen molar-refractivity contribution in [2.75, 3.05) is 0 Å². The van der Waals surface area contributed by atoms with Gasteiger partial charge in [0.1, 0.15) is 6.07 Å². The third-order valence-corrected chi connectivity index (χ3v) is 2.74. The molecule has 1 aromatic carbocycles. The third kappa shape index (κ3) is 2.11. The predicted octanol–water partition coefficient (Wildman–Crippen LogP) is 2.23. The standard InChI is InChI=1S/C10H8BrN3/c11-10-7(6-13)2-1-3-8(10)9(14)4-5-12/h1-3,9H,4,14H2/t9-/m1/s1. The third-order valence-electron chi connectivity index (χ3n) is 1.86. The Morgan fingerprint density at radius 2 is 2.14 bits per heavy atom. The van der Waals surface area contributed by atoms with E-state index in [1.807, 2.05) is 18.2 Å². The van der Waals surface area contributed by atoms with Crippen LogP contribution in [0, 0.1) is 22.7 Å². The van der Waals surface area contributed by atoms with Crippen molar-refractivity contribution in [1.82, 2.24) is 0 Å². The van der Waals surface area contributed by atoms with E-state index in [1.54, 1.807) is 12.1 Å². The van der Waals surface area contributed by atoms with Crippen molar-refractivity contribution in [3.8, 4) is 12.1 Å². The van der Waals surface area contributed by atoms with Crippen LogP contribution >= 0.6 is 15.9 Å². The van der Waals surface area contributed by atoms with Gasteiger partial charge >= 0.3 is 0 Å². The lowest BCUT2D eigenvalue weighted by Crippen LogP contribution is -2.10. The van der Waals surface area contributed by atoms with Crippen LogP contribution in [0.5, 0.6) is 0 Å². The highest BCUT2D eigenvalue weighted by atomic mass is 79.9. The number of nitrogens with zero attached hydrogens (tertiary/aromatic N) is 2. The summed E-state index contributed by atoms with van der Waals surface area (Å²) >= 11 is 3.30. The Hall–Kier alpha value is -1.36. The number of hydrogen-bond donors (Lipinski definition) is 1. The van der Waals surface area contributed by atoms with E-state index in [9.17, 15) is 0 Å². The average molecular weight is 250 g/mol. The van der Waals surface area contributed by atoms with Gasteiger partial charge in [0.2, 0.25) is 0 Å². The minimum Gasteiger partial charge on any atom is -0.323 e. The van der Waals surface area contributed by atoms with Crippen molar-refractivity contribution >= 4 is 15.9 Å². The van der Waals surface area contributed by atoms with Crippen LogP contribution in [0.2, 0.25) is 0 Å². The largest absolute Gasteiger partial charge is 0.323 e. The molecule has 1 rings (SSSR count). The number of halogens is 1. The monoisotopic (exact) mass is 249 g/mol. The Labute approximate surface area is 90.9 Å². The van der Waals surface area contributed by atoms with E-state index in [1.165, 1.54) is 0 Å². The molecule has 14 heavy (non-hydrogen) atoms. The molecule has 0 aromatic heterocycles. The molecule has 0 unspecified atom stereocenters. The SMILES string of the molecule is N#CC[C@@H](N)c1cccc(C#N)c1Br. The van der Waals surface area contributed by atoms with Gasteiger partial charge in [-0.25, -0.2) is 0 Å². The summed E-state index contributed by atoms with van der Waals surface area (Å²) < 4.78 is 0.685. The lowest BCUT2D eigenvalue weighted by atomic mass is 10.0. The Kier molecular flexibility index (Phi) is 3.64. The first-order valence-corrected chi connectivity index (χ1v) is 4.81. The molecule has 0 fully saturated rings. The number of rotatable bonds is 2. The minimum atomic E-state index is -0.345. The highest BCUT2D eigenvalue weighted by Crippen LogP contribution is 2.26. The van der Waals surface area contributed by atoms with E-state index in [0.717, 1.165) is 5.56 Å². The van der Waals surface area contributed by atoms with Crippen LogP contribution in [0.4, 0.5) is 0 Å². The van der Waals surface area contributed by atoms with Crippen molar-refractivity contribution in [2.24, 2.45) is 5.73 Å². The summed E-state index contributed by atoms with van der Waals surface area (Å²) in [7, 11) is 0. The minimum absolute atomic E-state index is 0.244. The molecule has 0 aliphatic rings. The maximum atomic E-state index is 8.77. The molecule has 0 amide bonds. The second-order valence-corrected chi connectivity index (χ2v) is 3.58. The molecule has 70 valence electrons. The lowest BCUT2D eigenvalue weighted by molar-refractivity contribution is 0.744. The van der Waals surface area contributed by atoms with Gasteiger partial charge in [-0.05, 0) is 27.6 Å². The molecular weight excluding hydrogens is 242 g/mol. The van der Waals surface area contributed by atoms with Gasteiger partial charge in [0, 0.05) is 10.5 Å². The summed E-state index contributed by atoms with van der Waals surface area (Å²) in [5.74, 6) is 0. The first-order chi connectivity index (χ1) is 6.70. The van der Waals surface area contributed by atoms with Crippen LogP contribution in [0.3, 0.4) is 0 Å². The lowest BCUT2D eigenvalue weighted by Gasteiger charge is -2.10. The van der Waals surface area contributed by atoms with E-state index in [0.29, 0.717) is 10.0 Å². The smallest absolute Gasteiger partial charge is 0.100 e. The average Bonchev–Trinajstić information content (AvgIpc) is 2.18. The van der Waals surface area contributed by atoms with Crippen molar-refractivity contribution in [1.29, 1.82) is 10.5 Å². The van der Waals surface area contributed by atoms with Gasteiger partial charge in [0.15, 0.2) is 0 Å². The molecule has 0 saturated carbocycles. The molecule has 1 aromatic rings. The molecule has 0 aliphatic heterocycles. The summed E-state index contributed by atoms with van der Waals surface area (Å²) in [6.45, 7) is 0. The maximum absolute atomic E-state index is 8.77. The molecule has 0 spiro atoms. The molecule has 0 bridgehead atoms. The Bertz CT molecular complexity index is 414. The van der Waals surface area contributed by atoms with Gasteiger partial charge in [-0.2, -0.15) is 10.5 Å². The van der Waals surface area contributed by atoms with Gasteiger partial charge in [-0.1, -0.05) is 12.1 Å². The fraction of sp³-hybridized carbons (Fsp3) is 0.200. The van der Waals surface area contributed by atoms with Gasteiger partial charge in [-0.3, -0.25) is 0 Å². The Balaban J connectivity index is 3.12. The molecule has 0 heterocycles. The zero-order valence-electron chi connectivity index (χ0n) is 7.37. The van der Waals surface area contributed by atoms with E-state index in [-0.39, 0.29) is 12.5 Å². The van der Waals surface area contributed by atoms with Crippen molar-refractivity contribution in [2.45, 2.75) is 12.5 Å². The van der Waals surface area contributed by atoms with Gasteiger partial charge < -0.3 is 5.73 Å². The highest BCUT2D eigenvalue weighted by molar-refractivity contribution is 9.10. The van der Waals surface area contributed by atoms with Crippen LogP contribution in [0.25, 0.3) is 0 Å².